The molecule has 0 atom stereocenters. The molecule has 1 heterocycles. The number of nitrogens with one attached hydrogen (secondary N) is 2. The molecule has 2 aromatic rings. The lowest BCUT2D eigenvalue weighted by atomic mass is 10.2. The van der Waals surface area contributed by atoms with Gasteiger partial charge < -0.3 is 15.7 Å². The van der Waals surface area contributed by atoms with Gasteiger partial charge in [0.25, 0.3) is 11.8 Å². The fraction of sp³-hybridized carbons (Fsp3) is 0.250. The molecule has 3 N–H and O–H groups in total. The summed E-state index contributed by atoms with van der Waals surface area (Å²) in [5.41, 5.74) is 0.748. The van der Waals surface area contributed by atoms with Crippen LogP contribution in [-0.4, -0.2) is 23.5 Å². The maximum Gasteiger partial charge on any atom is 0.263 e. The molecule has 1 aromatic heterocycles. The molecular weight excluding hydrogens is 336 g/mol. The fourth-order valence-corrected chi connectivity index (χ4v) is 2.75. The number of amides is 2. The number of rotatable bonds is 5. The summed E-state index contributed by atoms with van der Waals surface area (Å²) in [5, 5.41) is 16.7. The fourth-order valence-electron chi connectivity index (χ4n) is 1.80. The number of phenolic OH excluding ortho intramolecular Hbond substituents is 1. The number of halogens is 1. The summed E-state index contributed by atoms with van der Waals surface area (Å²) < 4.78 is 0. The van der Waals surface area contributed by atoms with Crippen molar-refractivity contribution < 1.29 is 14.7 Å². The molecular formula is C16H17ClN2O3S. The van der Waals surface area contributed by atoms with Crippen molar-refractivity contribution in [1.82, 2.24) is 5.32 Å². The highest BCUT2D eigenvalue weighted by Gasteiger charge is 2.16. The van der Waals surface area contributed by atoms with Gasteiger partial charge in [-0.15, -0.1) is 11.3 Å². The van der Waals surface area contributed by atoms with Gasteiger partial charge >= 0.3 is 0 Å². The average molecular weight is 353 g/mol. The highest BCUT2D eigenvalue weighted by Crippen LogP contribution is 2.26. The minimum absolute atomic E-state index is 0.0903. The van der Waals surface area contributed by atoms with Crippen LogP contribution in [0.2, 0.25) is 5.02 Å². The highest BCUT2D eigenvalue weighted by molar-refractivity contribution is 7.12. The highest BCUT2D eigenvalue weighted by atomic mass is 35.5. The first-order chi connectivity index (χ1) is 10.9. The molecule has 23 heavy (non-hydrogen) atoms. The second-order valence-corrected chi connectivity index (χ2v) is 6.71. The Morgan fingerprint density at radius 3 is 2.65 bits per heavy atom. The lowest BCUT2D eigenvalue weighted by Crippen LogP contribution is -2.27. The molecule has 0 aliphatic heterocycles. The van der Waals surface area contributed by atoms with Crippen LogP contribution in [0.1, 0.15) is 33.9 Å². The number of anilines is 1. The molecule has 1 aromatic carbocycles. The quantitative estimate of drug-likeness (QED) is 0.766. The molecule has 0 saturated heterocycles. The zero-order valence-electron chi connectivity index (χ0n) is 12.7. The molecule has 0 fully saturated rings. The zero-order chi connectivity index (χ0) is 17.0. The summed E-state index contributed by atoms with van der Waals surface area (Å²) in [6, 6.07) is 5.86. The van der Waals surface area contributed by atoms with Gasteiger partial charge in [0.05, 0.1) is 10.7 Å². The van der Waals surface area contributed by atoms with Gasteiger partial charge in [-0.05, 0) is 35.6 Å². The summed E-state index contributed by atoms with van der Waals surface area (Å²) >= 11 is 7.06. The molecule has 2 rings (SSSR count). The van der Waals surface area contributed by atoms with Crippen LogP contribution in [0.4, 0.5) is 5.69 Å². The summed E-state index contributed by atoms with van der Waals surface area (Å²) in [5.74, 6) is -0.362. The standard InChI is InChI=1S/C16H17ClN2O3S/c1-9(2)8-18-16(22)14-12(5-6-23-14)19-15(21)10-3-4-13(20)11(17)7-10/h3-7,9,20H,8H2,1-2H3,(H,18,22)(H,19,21). The minimum atomic E-state index is -0.400. The van der Waals surface area contributed by atoms with Crippen molar-refractivity contribution in [3.63, 3.8) is 0 Å². The predicted octanol–water partition coefficient (Wildman–Crippen LogP) is 3.75. The lowest BCUT2D eigenvalue weighted by Gasteiger charge is -2.09. The number of thiophene rings is 1. The molecule has 0 spiro atoms. The van der Waals surface area contributed by atoms with Crippen molar-refractivity contribution >= 4 is 40.4 Å². The Kier molecular flexibility index (Phi) is 5.63. The third kappa shape index (κ3) is 4.46. The molecule has 0 unspecified atom stereocenters. The molecule has 0 saturated carbocycles. The molecule has 0 bridgehead atoms. The predicted molar refractivity (Wildman–Crippen MR) is 92.6 cm³/mol. The van der Waals surface area contributed by atoms with Crippen LogP contribution in [-0.2, 0) is 0 Å². The maximum absolute atomic E-state index is 12.2. The molecule has 0 aliphatic rings. The van der Waals surface area contributed by atoms with E-state index in [-0.39, 0.29) is 16.7 Å². The summed E-state index contributed by atoms with van der Waals surface area (Å²) in [6.07, 6.45) is 0. The summed E-state index contributed by atoms with van der Waals surface area (Å²) in [7, 11) is 0. The van der Waals surface area contributed by atoms with E-state index in [2.05, 4.69) is 10.6 Å². The SMILES string of the molecule is CC(C)CNC(=O)c1sccc1NC(=O)c1ccc(O)c(Cl)c1. The second kappa shape index (κ2) is 7.48. The van der Waals surface area contributed by atoms with Crippen LogP contribution in [0.25, 0.3) is 0 Å². The van der Waals surface area contributed by atoms with Gasteiger partial charge in [0.1, 0.15) is 10.6 Å². The van der Waals surface area contributed by atoms with Gasteiger partial charge in [0.15, 0.2) is 0 Å². The van der Waals surface area contributed by atoms with E-state index in [1.54, 1.807) is 11.4 Å². The lowest BCUT2D eigenvalue weighted by molar-refractivity contribution is 0.0954. The van der Waals surface area contributed by atoms with Crippen molar-refractivity contribution in [2.24, 2.45) is 5.92 Å². The van der Waals surface area contributed by atoms with Gasteiger partial charge in [-0.3, -0.25) is 9.59 Å². The van der Waals surface area contributed by atoms with Crippen LogP contribution in [0.5, 0.6) is 5.75 Å². The Hall–Kier alpha value is -2.05. The third-order valence-corrected chi connectivity index (χ3v) is 4.22. The van der Waals surface area contributed by atoms with Crippen LogP contribution >= 0.6 is 22.9 Å². The largest absolute Gasteiger partial charge is 0.506 e. The molecule has 7 heteroatoms. The number of hydrogen-bond donors (Lipinski definition) is 3. The Bertz CT molecular complexity index is 728. The van der Waals surface area contributed by atoms with E-state index in [1.807, 2.05) is 13.8 Å². The van der Waals surface area contributed by atoms with Crippen LogP contribution in [0.3, 0.4) is 0 Å². The molecule has 122 valence electrons. The normalized spacial score (nSPS) is 10.6. The topological polar surface area (TPSA) is 78.4 Å². The number of phenols is 1. The Labute approximate surface area is 143 Å². The van der Waals surface area contributed by atoms with E-state index in [4.69, 9.17) is 11.6 Å². The summed E-state index contributed by atoms with van der Waals surface area (Å²) in [6.45, 7) is 4.58. The van der Waals surface area contributed by atoms with Gasteiger partial charge in [-0.2, -0.15) is 0 Å². The van der Waals surface area contributed by atoms with Crippen LogP contribution in [0, 0.1) is 5.92 Å². The van der Waals surface area contributed by atoms with Crippen molar-refractivity contribution in [1.29, 1.82) is 0 Å². The van der Waals surface area contributed by atoms with Crippen molar-refractivity contribution in [3.05, 3.63) is 45.1 Å². The molecule has 2 amide bonds. The van der Waals surface area contributed by atoms with Crippen molar-refractivity contribution in [3.8, 4) is 5.75 Å². The Balaban J connectivity index is 2.11. The van der Waals surface area contributed by atoms with Gasteiger partial charge in [-0.25, -0.2) is 0 Å². The van der Waals surface area contributed by atoms with Crippen LogP contribution in [0.15, 0.2) is 29.6 Å². The van der Waals surface area contributed by atoms with Gasteiger partial charge in [0.2, 0.25) is 0 Å². The minimum Gasteiger partial charge on any atom is -0.506 e. The zero-order valence-corrected chi connectivity index (χ0v) is 14.3. The molecule has 5 nitrogen and oxygen atoms in total. The second-order valence-electron chi connectivity index (χ2n) is 5.39. The number of carbonyl (C=O) groups excluding carboxylic acids is 2. The van der Waals surface area contributed by atoms with E-state index < -0.39 is 5.91 Å². The van der Waals surface area contributed by atoms with Gasteiger partial charge in [-0.1, -0.05) is 25.4 Å². The number of benzene rings is 1. The molecule has 0 aliphatic carbocycles. The van der Waals surface area contributed by atoms with E-state index in [0.29, 0.717) is 28.6 Å². The van der Waals surface area contributed by atoms with Crippen molar-refractivity contribution in [2.45, 2.75) is 13.8 Å². The van der Waals surface area contributed by atoms with E-state index >= 15 is 0 Å². The number of carbonyl (C=O) groups is 2. The smallest absolute Gasteiger partial charge is 0.263 e. The first kappa shape index (κ1) is 17.3. The maximum atomic E-state index is 12.2. The average Bonchev–Trinajstić information content (AvgIpc) is 2.95. The first-order valence-corrected chi connectivity index (χ1v) is 8.29. The van der Waals surface area contributed by atoms with E-state index in [0.717, 1.165) is 0 Å². The molecule has 0 radical (unpaired) electrons. The van der Waals surface area contributed by atoms with E-state index in [1.165, 1.54) is 29.5 Å². The number of hydrogen-bond acceptors (Lipinski definition) is 4. The third-order valence-electron chi connectivity index (χ3n) is 3.00. The van der Waals surface area contributed by atoms with Gasteiger partial charge in [0, 0.05) is 12.1 Å². The number of aromatic hydroxyl groups is 1. The first-order valence-electron chi connectivity index (χ1n) is 7.04. The monoisotopic (exact) mass is 352 g/mol. The van der Waals surface area contributed by atoms with E-state index in [9.17, 15) is 14.7 Å². The Morgan fingerprint density at radius 2 is 2.00 bits per heavy atom. The van der Waals surface area contributed by atoms with Crippen molar-refractivity contribution in [2.75, 3.05) is 11.9 Å². The summed E-state index contributed by atoms with van der Waals surface area (Å²) in [4.78, 5) is 24.8. The Morgan fingerprint density at radius 1 is 1.26 bits per heavy atom. The van der Waals surface area contributed by atoms with Crippen LogP contribution < -0.4 is 10.6 Å².